The number of halogens is 1. The van der Waals surface area contributed by atoms with Crippen LogP contribution in [0.15, 0.2) is 53.4 Å². The van der Waals surface area contributed by atoms with E-state index in [1.165, 1.54) is 18.2 Å². The molecule has 0 spiro atoms. The van der Waals surface area contributed by atoms with Crippen LogP contribution in [0.3, 0.4) is 0 Å². The molecular formula is C21H17FN2O5S2. The van der Waals surface area contributed by atoms with E-state index in [2.05, 4.69) is 5.43 Å². The summed E-state index contributed by atoms with van der Waals surface area (Å²) in [5, 5.41) is 9.97. The normalized spacial score (nSPS) is 15.8. The Balaban J connectivity index is 1.70. The molecule has 1 fully saturated rings. The van der Waals surface area contributed by atoms with Crippen LogP contribution in [0.2, 0.25) is 0 Å². The van der Waals surface area contributed by atoms with E-state index in [4.69, 9.17) is 22.1 Å². The van der Waals surface area contributed by atoms with Crippen LogP contribution in [0.1, 0.15) is 29.3 Å². The maximum atomic E-state index is 13.8. The molecule has 1 saturated heterocycles. The van der Waals surface area contributed by atoms with Gasteiger partial charge in [0.15, 0.2) is 10.4 Å². The molecule has 0 bridgehead atoms. The topological polar surface area (TPSA) is 95.9 Å². The van der Waals surface area contributed by atoms with Gasteiger partial charge in [-0.15, -0.1) is 0 Å². The highest BCUT2D eigenvalue weighted by molar-refractivity contribution is 8.26. The maximum Gasteiger partial charge on any atom is 0.344 e. The smallest absolute Gasteiger partial charge is 0.344 e. The molecule has 2 aromatic rings. The summed E-state index contributed by atoms with van der Waals surface area (Å²) in [6, 6.07) is 11.9. The standard InChI is InChI=1S/C21H17FN2O5S2/c1-2-16(20(27)28)29-13-9-7-12(8-10-13)11-17-19(26)24(21(30)31-17)23-18(25)14-5-3-4-6-15(14)22/h3-11,16H,2H2,1H3,(H,23,25)(H,27,28)/b17-11+. The zero-order valence-electron chi connectivity index (χ0n) is 16.2. The SMILES string of the molecule is CCC(Oc1ccc(/C=C2/SC(=S)N(NC(=O)c3ccccc3F)C2=O)cc1)C(=O)O. The fourth-order valence-electron chi connectivity index (χ4n) is 2.64. The summed E-state index contributed by atoms with van der Waals surface area (Å²) in [7, 11) is 0. The summed E-state index contributed by atoms with van der Waals surface area (Å²) in [5.74, 6) is -2.71. The number of hydrogen-bond donors (Lipinski definition) is 2. The Morgan fingerprint density at radius 2 is 1.94 bits per heavy atom. The third-order valence-electron chi connectivity index (χ3n) is 4.23. The second kappa shape index (κ2) is 9.71. The molecule has 7 nitrogen and oxygen atoms in total. The van der Waals surface area contributed by atoms with Crippen LogP contribution in [-0.2, 0) is 9.59 Å². The Morgan fingerprint density at radius 3 is 2.55 bits per heavy atom. The molecule has 1 aliphatic heterocycles. The van der Waals surface area contributed by atoms with Crippen molar-refractivity contribution in [3.63, 3.8) is 0 Å². The average Bonchev–Trinajstić information content (AvgIpc) is 3.00. The summed E-state index contributed by atoms with van der Waals surface area (Å²) in [6.45, 7) is 1.71. The number of aliphatic carboxylic acids is 1. The van der Waals surface area contributed by atoms with Crippen LogP contribution < -0.4 is 10.2 Å². The molecule has 0 radical (unpaired) electrons. The molecule has 31 heavy (non-hydrogen) atoms. The molecule has 3 rings (SSSR count). The van der Waals surface area contributed by atoms with E-state index in [9.17, 15) is 18.8 Å². The molecule has 1 aliphatic rings. The van der Waals surface area contributed by atoms with Crippen LogP contribution >= 0.6 is 24.0 Å². The lowest BCUT2D eigenvalue weighted by Gasteiger charge is -2.15. The monoisotopic (exact) mass is 460 g/mol. The van der Waals surface area contributed by atoms with Crippen molar-refractivity contribution in [1.29, 1.82) is 0 Å². The third-order valence-corrected chi connectivity index (χ3v) is 5.53. The minimum atomic E-state index is -1.05. The zero-order chi connectivity index (χ0) is 22.5. The van der Waals surface area contributed by atoms with Gasteiger partial charge in [0.2, 0.25) is 0 Å². The molecule has 1 unspecified atom stereocenters. The number of benzene rings is 2. The number of ether oxygens (including phenoxy) is 1. The predicted molar refractivity (Wildman–Crippen MR) is 118 cm³/mol. The first-order chi connectivity index (χ1) is 14.8. The number of amides is 2. The molecule has 10 heteroatoms. The van der Waals surface area contributed by atoms with Gasteiger partial charge in [0.05, 0.1) is 10.5 Å². The molecule has 2 aromatic carbocycles. The Hall–Kier alpha value is -3.24. The van der Waals surface area contributed by atoms with Gasteiger partial charge in [0, 0.05) is 0 Å². The molecule has 0 saturated carbocycles. The summed E-state index contributed by atoms with van der Waals surface area (Å²) in [4.78, 5) is 36.3. The molecular weight excluding hydrogens is 443 g/mol. The zero-order valence-corrected chi connectivity index (χ0v) is 17.8. The van der Waals surface area contributed by atoms with Crippen LogP contribution in [0, 0.1) is 5.82 Å². The molecule has 1 atom stereocenters. The van der Waals surface area contributed by atoms with Crippen molar-refractivity contribution in [3.8, 4) is 5.75 Å². The van der Waals surface area contributed by atoms with E-state index >= 15 is 0 Å². The van der Waals surface area contributed by atoms with Gasteiger partial charge in [-0.2, -0.15) is 5.01 Å². The quantitative estimate of drug-likeness (QED) is 0.481. The van der Waals surface area contributed by atoms with Gasteiger partial charge < -0.3 is 9.84 Å². The van der Waals surface area contributed by atoms with Crippen LogP contribution in [0.4, 0.5) is 4.39 Å². The lowest BCUT2D eigenvalue weighted by Crippen LogP contribution is -2.45. The van der Waals surface area contributed by atoms with Crippen molar-refractivity contribution in [2.75, 3.05) is 0 Å². The number of carboxylic acids is 1. The van der Waals surface area contributed by atoms with Crippen molar-refractivity contribution in [1.82, 2.24) is 10.4 Å². The second-order valence-electron chi connectivity index (χ2n) is 6.36. The van der Waals surface area contributed by atoms with Crippen molar-refractivity contribution >= 4 is 52.2 Å². The molecule has 0 aliphatic carbocycles. The first kappa shape index (κ1) is 22.4. The highest BCUT2D eigenvalue weighted by Crippen LogP contribution is 2.32. The minimum absolute atomic E-state index is 0.105. The number of hydrogen-bond acceptors (Lipinski definition) is 6. The van der Waals surface area contributed by atoms with Crippen molar-refractivity contribution in [2.45, 2.75) is 19.4 Å². The Morgan fingerprint density at radius 1 is 1.26 bits per heavy atom. The lowest BCUT2D eigenvalue weighted by molar-refractivity contribution is -0.145. The van der Waals surface area contributed by atoms with Crippen molar-refractivity contribution < 1.29 is 28.6 Å². The second-order valence-corrected chi connectivity index (χ2v) is 8.04. The van der Waals surface area contributed by atoms with Crippen LogP contribution in [0.5, 0.6) is 5.75 Å². The fraction of sp³-hybridized carbons (Fsp3) is 0.143. The number of hydrazine groups is 1. The average molecular weight is 461 g/mol. The number of rotatable bonds is 7. The van der Waals surface area contributed by atoms with Gasteiger partial charge in [0.1, 0.15) is 11.6 Å². The predicted octanol–water partition coefficient (Wildman–Crippen LogP) is 3.61. The number of carbonyl (C=O) groups is 3. The van der Waals surface area contributed by atoms with E-state index in [-0.39, 0.29) is 14.8 Å². The van der Waals surface area contributed by atoms with Gasteiger partial charge in [0.25, 0.3) is 11.8 Å². The van der Waals surface area contributed by atoms with Gasteiger partial charge in [-0.3, -0.25) is 15.0 Å². The van der Waals surface area contributed by atoms with Crippen molar-refractivity contribution in [2.24, 2.45) is 0 Å². The number of thioether (sulfide) groups is 1. The summed E-state index contributed by atoms with van der Waals surface area (Å²) in [5.41, 5.74) is 2.77. The Labute approximate surface area is 186 Å². The summed E-state index contributed by atoms with van der Waals surface area (Å²) >= 11 is 6.15. The Bertz CT molecular complexity index is 1070. The highest BCUT2D eigenvalue weighted by atomic mass is 32.2. The fourth-order valence-corrected chi connectivity index (χ4v) is 3.82. The minimum Gasteiger partial charge on any atom is -0.479 e. The number of nitrogens with one attached hydrogen (secondary N) is 1. The van der Waals surface area contributed by atoms with E-state index in [0.717, 1.165) is 22.8 Å². The molecule has 160 valence electrons. The summed E-state index contributed by atoms with van der Waals surface area (Å²) in [6.07, 6.45) is 0.950. The number of carbonyl (C=O) groups excluding carboxylic acids is 2. The van der Waals surface area contributed by atoms with E-state index in [1.807, 2.05) is 0 Å². The Kier molecular flexibility index (Phi) is 7.03. The number of carboxylic acid groups (broad SMARTS) is 1. The summed E-state index contributed by atoms with van der Waals surface area (Å²) < 4.78 is 19.3. The van der Waals surface area contributed by atoms with Crippen molar-refractivity contribution in [3.05, 3.63) is 70.4 Å². The highest BCUT2D eigenvalue weighted by Gasteiger charge is 2.34. The van der Waals surface area contributed by atoms with Gasteiger partial charge in [-0.25, -0.2) is 9.18 Å². The van der Waals surface area contributed by atoms with E-state index in [1.54, 1.807) is 37.3 Å². The van der Waals surface area contributed by atoms with Gasteiger partial charge in [-0.05, 0) is 54.5 Å². The van der Waals surface area contributed by atoms with E-state index < -0.39 is 29.7 Å². The number of nitrogens with zero attached hydrogens (tertiary/aromatic N) is 1. The van der Waals surface area contributed by atoms with Crippen LogP contribution in [0.25, 0.3) is 6.08 Å². The molecule has 2 N–H and O–H groups in total. The largest absolute Gasteiger partial charge is 0.479 e. The maximum absolute atomic E-state index is 13.8. The van der Waals surface area contributed by atoms with E-state index in [0.29, 0.717) is 17.7 Å². The van der Waals surface area contributed by atoms with Gasteiger partial charge in [-0.1, -0.05) is 43.0 Å². The first-order valence-corrected chi connectivity index (χ1v) is 10.4. The first-order valence-electron chi connectivity index (χ1n) is 9.13. The number of thiocarbonyl (C=S) groups is 1. The lowest BCUT2D eigenvalue weighted by atomic mass is 10.2. The third kappa shape index (κ3) is 5.28. The molecule has 0 aromatic heterocycles. The molecule has 1 heterocycles. The van der Waals surface area contributed by atoms with Crippen LogP contribution in [-0.4, -0.2) is 38.3 Å². The molecule has 2 amide bonds. The van der Waals surface area contributed by atoms with Gasteiger partial charge >= 0.3 is 5.97 Å².